The number of phenolic OH excluding ortho intramolecular Hbond substituents is 4. The van der Waals surface area contributed by atoms with Crippen molar-refractivity contribution in [2.24, 2.45) is 0 Å². The summed E-state index contributed by atoms with van der Waals surface area (Å²) >= 11 is 0. The van der Waals surface area contributed by atoms with E-state index in [-0.39, 0.29) is 11.1 Å². The third-order valence-corrected chi connectivity index (χ3v) is 6.06. The van der Waals surface area contributed by atoms with Crippen LogP contribution in [0.5, 0.6) is 23.0 Å². The first kappa shape index (κ1) is 32.1. The molecular weight excluding hydrogens is 576 g/mol. The molecule has 4 atom stereocenters. The van der Waals surface area contributed by atoms with E-state index in [0.29, 0.717) is 0 Å². The Balaban J connectivity index is 1.81. The summed E-state index contributed by atoms with van der Waals surface area (Å²) in [7, 11) is 0. The van der Waals surface area contributed by atoms with E-state index in [0.717, 1.165) is 36.4 Å². The number of aromatic hydroxyl groups is 4. The van der Waals surface area contributed by atoms with Gasteiger partial charge in [-0.2, -0.15) is 0 Å². The number of phenols is 4. The Bertz CT molecular complexity index is 1480. The minimum absolute atomic E-state index is 0.251. The van der Waals surface area contributed by atoms with Gasteiger partial charge < -0.3 is 50.0 Å². The average molecular weight is 603 g/mol. The minimum atomic E-state index is -2.67. The van der Waals surface area contributed by atoms with Crippen LogP contribution < -0.4 is 0 Å². The largest absolute Gasteiger partial charge is 0.504 e. The molecule has 228 valence electrons. The summed E-state index contributed by atoms with van der Waals surface area (Å²) in [4.78, 5) is 60.1. The number of esters is 4. The van der Waals surface area contributed by atoms with Gasteiger partial charge in [-0.05, 0) is 47.5 Å². The molecule has 0 bridgehead atoms. The predicted octanol–water partition coefficient (Wildman–Crippen LogP) is 0.489. The van der Waals surface area contributed by atoms with Crippen LogP contribution in [0, 0.1) is 0 Å². The lowest BCUT2D eigenvalue weighted by atomic mass is 9.79. The lowest BCUT2D eigenvalue weighted by Crippen LogP contribution is -2.58. The van der Waals surface area contributed by atoms with Gasteiger partial charge in [0.25, 0.3) is 0 Å². The molecule has 0 radical (unpaired) electrons. The quantitative estimate of drug-likeness (QED) is 0.0677. The van der Waals surface area contributed by atoms with Crippen molar-refractivity contribution in [1.29, 1.82) is 0 Å². The smallest absolute Gasteiger partial charge is 0.346 e. The van der Waals surface area contributed by atoms with Crippen LogP contribution in [0.1, 0.15) is 30.4 Å². The second kappa shape index (κ2) is 13.5. The second-order valence-electron chi connectivity index (χ2n) is 9.38. The van der Waals surface area contributed by atoms with Crippen LogP contribution in [0.4, 0.5) is 0 Å². The van der Waals surface area contributed by atoms with E-state index in [1.807, 2.05) is 0 Å². The Morgan fingerprint density at radius 1 is 0.791 bits per heavy atom. The molecule has 1 aliphatic carbocycles. The maximum absolute atomic E-state index is 12.6. The molecule has 1 fully saturated rings. The minimum Gasteiger partial charge on any atom is -0.504 e. The molecule has 0 aliphatic heterocycles. The fourth-order valence-electron chi connectivity index (χ4n) is 4.01. The van der Waals surface area contributed by atoms with Gasteiger partial charge in [-0.15, -0.1) is 0 Å². The molecule has 0 heterocycles. The van der Waals surface area contributed by atoms with Crippen molar-refractivity contribution in [1.82, 2.24) is 0 Å². The molecule has 0 saturated heterocycles. The zero-order valence-corrected chi connectivity index (χ0v) is 22.0. The number of rotatable bonds is 9. The van der Waals surface area contributed by atoms with E-state index in [9.17, 15) is 54.6 Å². The van der Waals surface area contributed by atoms with Crippen LogP contribution in [0.15, 0.2) is 48.6 Å². The maximum atomic E-state index is 12.6. The van der Waals surface area contributed by atoms with Gasteiger partial charge >= 0.3 is 29.8 Å². The highest BCUT2D eigenvalue weighted by atomic mass is 16.6. The molecule has 3 rings (SSSR count). The number of aliphatic carboxylic acids is 1. The molecule has 15 heteroatoms. The summed E-state index contributed by atoms with van der Waals surface area (Å²) in [5.74, 6) is -8.72. The van der Waals surface area contributed by atoms with Crippen molar-refractivity contribution in [2.75, 3.05) is 0 Å². The van der Waals surface area contributed by atoms with Gasteiger partial charge in [0.2, 0.25) is 0 Å². The summed E-state index contributed by atoms with van der Waals surface area (Å²) in [6.07, 6.45) is -4.06. The lowest BCUT2D eigenvalue weighted by molar-refractivity contribution is -0.208. The predicted molar refractivity (Wildman–Crippen MR) is 141 cm³/mol. The van der Waals surface area contributed by atoms with Gasteiger partial charge in [-0.3, -0.25) is 9.59 Å². The number of hydrogen-bond acceptors (Lipinski definition) is 14. The number of aliphatic hydroxyl groups is 2. The maximum Gasteiger partial charge on any atom is 0.346 e. The van der Waals surface area contributed by atoms with Crippen LogP contribution in [0.3, 0.4) is 0 Å². The molecule has 0 spiro atoms. The summed E-state index contributed by atoms with van der Waals surface area (Å²) in [6, 6.07) is 7.27. The summed E-state index contributed by atoms with van der Waals surface area (Å²) in [5, 5.41) is 68.3. The molecule has 0 aromatic heterocycles. The summed E-state index contributed by atoms with van der Waals surface area (Å²) in [6.45, 7) is 0. The number of carbonyl (C=O) groups is 5. The number of hydrogen-bond donors (Lipinski definition) is 7. The van der Waals surface area contributed by atoms with Crippen molar-refractivity contribution in [2.45, 2.75) is 43.2 Å². The standard InChI is InChI=1S/C28H26O15/c29-16-5-1-14(9-18(16)31)3-7-23(36)41-21-13-28(40,27(39)43-25(38)11-22(34)35)12-20(33)26(21)42-24(37)8-4-15-2-6-17(30)19(32)10-15/h1-10,20-21,26,29-33,40H,11-13H2,(H,34,35)/b7-3+,8-4+/t20-,21+,26-,28+/m1/s1. The van der Waals surface area contributed by atoms with E-state index in [1.165, 1.54) is 24.3 Å². The van der Waals surface area contributed by atoms with Gasteiger partial charge in [0.05, 0.1) is 6.10 Å². The SMILES string of the molecule is O=C(O)CC(=O)OC(=O)[C@]1(O)C[C@@H](O)[C@@H](OC(=O)/C=C/c2ccc(O)c(O)c2)[C@@H](OC(=O)/C=C/c2ccc(O)c(O)c2)C1. The van der Waals surface area contributed by atoms with Gasteiger partial charge in [-0.25, -0.2) is 14.4 Å². The van der Waals surface area contributed by atoms with Crippen molar-refractivity contribution in [3.63, 3.8) is 0 Å². The molecule has 0 unspecified atom stereocenters. The van der Waals surface area contributed by atoms with Crippen molar-refractivity contribution < 1.29 is 73.9 Å². The number of aliphatic hydroxyl groups excluding tert-OH is 1. The van der Waals surface area contributed by atoms with Gasteiger partial charge in [0.15, 0.2) is 34.7 Å². The van der Waals surface area contributed by atoms with Crippen LogP contribution in [0.25, 0.3) is 12.2 Å². The first-order chi connectivity index (χ1) is 20.2. The average Bonchev–Trinajstić information content (AvgIpc) is 2.91. The molecule has 7 N–H and O–H groups in total. The highest BCUT2D eigenvalue weighted by molar-refractivity contribution is 5.97. The van der Waals surface area contributed by atoms with Gasteiger partial charge in [0.1, 0.15) is 12.5 Å². The van der Waals surface area contributed by atoms with Crippen molar-refractivity contribution in [3.05, 3.63) is 59.7 Å². The fourth-order valence-corrected chi connectivity index (χ4v) is 4.01. The number of carbonyl (C=O) groups excluding carboxylic acids is 4. The third-order valence-electron chi connectivity index (χ3n) is 6.06. The fraction of sp³-hybridized carbons (Fsp3) is 0.250. The zero-order chi connectivity index (χ0) is 31.9. The van der Waals surface area contributed by atoms with E-state index < -0.39 is 96.0 Å². The highest BCUT2D eigenvalue weighted by Crippen LogP contribution is 2.34. The van der Waals surface area contributed by atoms with Gasteiger partial charge in [0, 0.05) is 25.0 Å². The van der Waals surface area contributed by atoms with E-state index >= 15 is 0 Å². The molecule has 2 aromatic carbocycles. The van der Waals surface area contributed by atoms with E-state index in [1.54, 1.807) is 0 Å². The Labute approximate surface area is 242 Å². The number of carboxylic acids is 1. The molecule has 1 aliphatic rings. The van der Waals surface area contributed by atoms with Crippen LogP contribution in [-0.2, 0) is 38.2 Å². The first-order valence-corrected chi connectivity index (χ1v) is 12.4. The summed E-state index contributed by atoms with van der Waals surface area (Å²) < 4.78 is 14.9. The van der Waals surface area contributed by atoms with Crippen LogP contribution >= 0.6 is 0 Å². The molecular formula is C28H26O15. The lowest BCUT2D eigenvalue weighted by Gasteiger charge is -2.41. The third kappa shape index (κ3) is 8.79. The Hall–Kier alpha value is -5.41. The zero-order valence-electron chi connectivity index (χ0n) is 22.0. The van der Waals surface area contributed by atoms with Crippen LogP contribution in [-0.4, -0.2) is 89.5 Å². The topological polar surface area (TPSA) is 255 Å². The molecule has 0 amide bonds. The van der Waals surface area contributed by atoms with Gasteiger partial charge in [-0.1, -0.05) is 12.1 Å². The summed E-state index contributed by atoms with van der Waals surface area (Å²) in [5.41, 5.74) is -2.15. The van der Waals surface area contributed by atoms with Crippen molar-refractivity contribution in [3.8, 4) is 23.0 Å². The molecule has 15 nitrogen and oxygen atoms in total. The Morgan fingerprint density at radius 3 is 1.79 bits per heavy atom. The molecule has 43 heavy (non-hydrogen) atoms. The Kier molecular flexibility index (Phi) is 10.1. The molecule has 2 aromatic rings. The molecule has 1 saturated carbocycles. The normalized spacial score (nSPS) is 21.8. The first-order valence-electron chi connectivity index (χ1n) is 12.4. The number of carboxylic acid groups (broad SMARTS) is 1. The van der Waals surface area contributed by atoms with Crippen molar-refractivity contribution >= 4 is 42.0 Å². The second-order valence-corrected chi connectivity index (χ2v) is 9.38. The van der Waals surface area contributed by atoms with Crippen LogP contribution in [0.2, 0.25) is 0 Å². The number of ether oxygens (including phenoxy) is 3. The van der Waals surface area contributed by atoms with E-state index in [4.69, 9.17) is 14.6 Å². The van der Waals surface area contributed by atoms with E-state index in [2.05, 4.69) is 4.74 Å². The monoisotopic (exact) mass is 602 g/mol. The highest BCUT2D eigenvalue weighted by Gasteiger charge is 2.53. The number of benzene rings is 2. The Morgan fingerprint density at radius 2 is 1.30 bits per heavy atom.